The Kier molecular flexibility index (Phi) is 6.01. The fraction of sp³-hybridized carbons (Fsp3) is 0.867. The van der Waals surface area contributed by atoms with Crippen LogP contribution in [0.15, 0.2) is 0 Å². The monoisotopic (exact) mass is 300 g/mol. The van der Waals surface area contributed by atoms with Crippen LogP contribution >= 0.6 is 0 Å². The second-order valence-corrected chi connectivity index (χ2v) is 6.91. The zero-order valence-electron chi connectivity index (χ0n) is 13.8. The SMILES string of the molecule is CC(C)N(C(=O)OC(C)(C)C)[C@H]1CCCN(CC(=O)O)C1. The number of piperidine rings is 1. The number of likely N-dealkylation sites (tertiary alicyclic amines) is 1. The average molecular weight is 300 g/mol. The van der Waals surface area contributed by atoms with Gasteiger partial charge in [0.05, 0.1) is 6.54 Å². The van der Waals surface area contributed by atoms with Gasteiger partial charge in [0, 0.05) is 18.6 Å². The molecule has 21 heavy (non-hydrogen) atoms. The Morgan fingerprint density at radius 3 is 2.48 bits per heavy atom. The van der Waals surface area contributed by atoms with Gasteiger partial charge in [0.1, 0.15) is 5.60 Å². The molecule has 6 nitrogen and oxygen atoms in total. The summed E-state index contributed by atoms with van der Waals surface area (Å²) in [4.78, 5) is 26.9. The number of carbonyl (C=O) groups is 2. The fourth-order valence-corrected chi connectivity index (χ4v) is 2.69. The number of carboxylic acid groups (broad SMARTS) is 1. The molecule has 0 aliphatic carbocycles. The topological polar surface area (TPSA) is 70.1 Å². The maximum atomic E-state index is 12.4. The van der Waals surface area contributed by atoms with Crippen molar-refractivity contribution in [3.05, 3.63) is 0 Å². The first-order valence-electron chi connectivity index (χ1n) is 7.55. The molecule has 0 unspecified atom stereocenters. The zero-order valence-corrected chi connectivity index (χ0v) is 13.8. The van der Waals surface area contributed by atoms with E-state index in [2.05, 4.69) is 0 Å². The summed E-state index contributed by atoms with van der Waals surface area (Å²) in [5, 5.41) is 8.91. The molecule has 0 radical (unpaired) electrons. The molecule has 1 amide bonds. The van der Waals surface area contributed by atoms with E-state index < -0.39 is 11.6 Å². The molecule has 1 aliphatic heterocycles. The number of hydrogen-bond donors (Lipinski definition) is 1. The van der Waals surface area contributed by atoms with Gasteiger partial charge < -0.3 is 14.7 Å². The van der Waals surface area contributed by atoms with Gasteiger partial charge in [-0.3, -0.25) is 9.69 Å². The van der Waals surface area contributed by atoms with Gasteiger partial charge in [0.25, 0.3) is 0 Å². The lowest BCUT2D eigenvalue weighted by molar-refractivity contribution is -0.138. The molecule has 1 fully saturated rings. The van der Waals surface area contributed by atoms with E-state index in [0.29, 0.717) is 6.54 Å². The molecule has 122 valence electrons. The van der Waals surface area contributed by atoms with Crippen molar-refractivity contribution in [2.75, 3.05) is 19.6 Å². The summed E-state index contributed by atoms with van der Waals surface area (Å²) in [6, 6.07) is 0.0302. The van der Waals surface area contributed by atoms with E-state index in [4.69, 9.17) is 9.84 Å². The van der Waals surface area contributed by atoms with Gasteiger partial charge in [-0.1, -0.05) is 0 Å². The quantitative estimate of drug-likeness (QED) is 0.861. The van der Waals surface area contributed by atoms with Crippen molar-refractivity contribution in [3.8, 4) is 0 Å². The summed E-state index contributed by atoms with van der Waals surface area (Å²) in [7, 11) is 0. The first kappa shape index (κ1) is 17.8. The number of aliphatic carboxylic acids is 1. The molecule has 6 heteroatoms. The highest BCUT2D eigenvalue weighted by atomic mass is 16.6. The predicted octanol–water partition coefficient (Wildman–Crippen LogP) is 2.18. The van der Waals surface area contributed by atoms with Crippen molar-refractivity contribution in [1.29, 1.82) is 0 Å². The summed E-state index contributed by atoms with van der Waals surface area (Å²) in [6.07, 6.45) is 1.46. The van der Waals surface area contributed by atoms with Gasteiger partial charge in [0.15, 0.2) is 0 Å². The molecule has 1 N–H and O–H groups in total. The van der Waals surface area contributed by atoms with Crippen molar-refractivity contribution in [2.45, 2.75) is 65.1 Å². The minimum Gasteiger partial charge on any atom is -0.480 e. The van der Waals surface area contributed by atoms with Crippen molar-refractivity contribution < 1.29 is 19.4 Å². The average Bonchev–Trinajstić information content (AvgIpc) is 2.25. The lowest BCUT2D eigenvalue weighted by Crippen LogP contribution is -2.54. The molecule has 1 aliphatic rings. The summed E-state index contributed by atoms with van der Waals surface area (Å²) in [5.41, 5.74) is -0.528. The van der Waals surface area contributed by atoms with Gasteiger partial charge in [-0.25, -0.2) is 4.79 Å². The normalized spacial score (nSPS) is 20.4. The van der Waals surface area contributed by atoms with E-state index in [9.17, 15) is 9.59 Å². The molecular weight excluding hydrogens is 272 g/mol. The van der Waals surface area contributed by atoms with Crippen LogP contribution in [-0.4, -0.2) is 64.3 Å². The van der Waals surface area contributed by atoms with E-state index in [-0.39, 0.29) is 24.7 Å². The van der Waals surface area contributed by atoms with E-state index in [1.54, 1.807) is 4.90 Å². The molecule has 0 aromatic carbocycles. The summed E-state index contributed by atoms with van der Waals surface area (Å²) >= 11 is 0. The molecule has 1 saturated heterocycles. The summed E-state index contributed by atoms with van der Waals surface area (Å²) < 4.78 is 5.48. The maximum Gasteiger partial charge on any atom is 0.410 e. The first-order valence-corrected chi connectivity index (χ1v) is 7.55. The molecular formula is C15H28N2O4. The molecule has 0 aromatic heterocycles. The van der Waals surface area contributed by atoms with Crippen LogP contribution in [0.5, 0.6) is 0 Å². The molecule has 1 rings (SSSR count). The number of carboxylic acids is 1. The van der Waals surface area contributed by atoms with Gasteiger partial charge in [0.2, 0.25) is 0 Å². The molecule has 1 heterocycles. The third-order valence-electron chi connectivity index (χ3n) is 3.39. The highest BCUT2D eigenvalue weighted by molar-refractivity contribution is 5.70. The van der Waals surface area contributed by atoms with E-state index in [1.807, 2.05) is 39.5 Å². The molecule has 0 spiro atoms. The third kappa shape index (κ3) is 5.91. The third-order valence-corrected chi connectivity index (χ3v) is 3.39. The van der Waals surface area contributed by atoms with Crippen molar-refractivity contribution in [3.63, 3.8) is 0 Å². The Hall–Kier alpha value is -1.30. The Morgan fingerprint density at radius 2 is 2.00 bits per heavy atom. The van der Waals surface area contributed by atoms with Crippen LogP contribution < -0.4 is 0 Å². The highest BCUT2D eigenvalue weighted by Gasteiger charge is 2.33. The van der Waals surface area contributed by atoms with Crippen LogP contribution in [-0.2, 0) is 9.53 Å². The Morgan fingerprint density at radius 1 is 1.38 bits per heavy atom. The Labute approximate surface area is 127 Å². The van der Waals surface area contributed by atoms with Crippen LogP contribution in [0.2, 0.25) is 0 Å². The number of rotatable bonds is 4. The molecule has 0 saturated carbocycles. The zero-order chi connectivity index (χ0) is 16.2. The first-order chi connectivity index (χ1) is 9.60. The van der Waals surface area contributed by atoms with Crippen molar-refractivity contribution in [2.24, 2.45) is 0 Å². The fourth-order valence-electron chi connectivity index (χ4n) is 2.69. The van der Waals surface area contributed by atoms with Crippen LogP contribution in [0.25, 0.3) is 0 Å². The summed E-state index contributed by atoms with van der Waals surface area (Å²) in [6.45, 7) is 10.8. The Bertz CT molecular complexity index is 376. The van der Waals surface area contributed by atoms with Gasteiger partial charge in [-0.15, -0.1) is 0 Å². The number of ether oxygens (including phenoxy) is 1. The van der Waals surface area contributed by atoms with Gasteiger partial charge in [-0.05, 0) is 54.0 Å². The highest BCUT2D eigenvalue weighted by Crippen LogP contribution is 2.21. The lowest BCUT2D eigenvalue weighted by Gasteiger charge is -2.41. The second kappa shape index (κ2) is 7.11. The predicted molar refractivity (Wildman–Crippen MR) is 80.3 cm³/mol. The number of hydrogen-bond acceptors (Lipinski definition) is 4. The molecule has 0 bridgehead atoms. The van der Waals surface area contributed by atoms with E-state index in [1.165, 1.54) is 0 Å². The van der Waals surface area contributed by atoms with E-state index >= 15 is 0 Å². The van der Waals surface area contributed by atoms with E-state index in [0.717, 1.165) is 19.4 Å². The standard InChI is InChI=1S/C15H28N2O4/c1-11(2)17(14(20)21-15(3,4)5)12-7-6-8-16(9-12)10-13(18)19/h11-12H,6-10H2,1-5H3,(H,18,19)/t12-/m0/s1. The molecule has 0 aromatic rings. The molecule has 1 atom stereocenters. The second-order valence-electron chi connectivity index (χ2n) is 6.91. The maximum absolute atomic E-state index is 12.4. The number of nitrogens with zero attached hydrogens (tertiary/aromatic N) is 2. The van der Waals surface area contributed by atoms with Crippen molar-refractivity contribution in [1.82, 2.24) is 9.80 Å². The van der Waals surface area contributed by atoms with Crippen LogP contribution in [0.3, 0.4) is 0 Å². The minimum absolute atomic E-state index is 0.00736. The Balaban J connectivity index is 2.75. The number of amides is 1. The lowest BCUT2D eigenvalue weighted by atomic mass is 10.0. The van der Waals surface area contributed by atoms with Gasteiger partial charge in [-0.2, -0.15) is 0 Å². The minimum atomic E-state index is -0.830. The van der Waals surface area contributed by atoms with Crippen LogP contribution in [0.4, 0.5) is 4.79 Å². The van der Waals surface area contributed by atoms with Crippen molar-refractivity contribution >= 4 is 12.1 Å². The smallest absolute Gasteiger partial charge is 0.410 e. The number of carbonyl (C=O) groups excluding carboxylic acids is 1. The summed E-state index contributed by atoms with van der Waals surface area (Å²) in [5.74, 6) is -0.830. The van der Waals surface area contributed by atoms with Crippen LogP contribution in [0, 0.1) is 0 Å². The van der Waals surface area contributed by atoms with Gasteiger partial charge >= 0.3 is 12.1 Å². The largest absolute Gasteiger partial charge is 0.480 e. The van der Waals surface area contributed by atoms with Crippen LogP contribution in [0.1, 0.15) is 47.5 Å².